The zero-order valence-electron chi connectivity index (χ0n) is 6.28. The summed E-state index contributed by atoms with van der Waals surface area (Å²) in [7, 11) is 0. The highest BCUT2D eigenvalue weighted by Gasteiger charge is 2.26. The third kappa shape index (κ3) is 2.20. The minimum Gasteiger partial charge on any atom is -0.429 e. The Labute approximate surface area is 65.0 Å². The van der Waals surface area contributed by atoms with Crippen molar-refractivity contribution in [1.82, 2.24) is 0 Å². The molecule has 0 saturated carbocycles. The Bertz CT molecular complexity index is 217. The molecule has 3 nitrogen and oxygen atoms in total. The van der Waals surface area contributed by atoms with Crippen molar-refractivity contribution in [2.24, 2.45) is 0 Å². The Morgan fingerprint density at radius 3 is 2.82 bits per heavy atom. The summed E-state index contributed by atoms with van der Waals surface area (Å²) in [4.78, 5) is 10.5. The average molecular weight is 154 g/mol. The van der Waals surface area contributed by atoms with Crippen LogP contribution in [0.3, 0.4) is 0 Å². The van der Waals surface area contributed by atoms with Crippen molar-refractivity contribution >= 4 is 5.97 Å². The summed E-state index contributed by atoms with van der Waals surface area (Å²) >= 11 is 0. The van der Waals surface area contributed by atoms with E-state index in [0.717, 1.165) is 0 Å². The molecule has 0 aromatic rings. The number of rotatable bonds is 1. The van der Waals surface area contributed by atoms with Crippen LogP contribution in [0, 0.1) is 0 Å². The van der Waals surface area contributed by atoms with Gasteiger partial charge in [0.05, 0.1) is 0 Å². The van der Waals surface area contributed by atoms with Crippen molar-refractivity contribution in [3.05, 3.63) is 24.3 Å². The summed E-state index contributed by atoms with van der Waals surface area (Å²) < 4.78 is 4.66. The maximum atomic E-state index is 10.5. The lowest BCUT2D eigenvalue weighted by atomic mass is 10.1. The van der Waals surface area contributed by atoms with E-state index in [9.17, 15) is 9.90 Å². The highest BCUT2D eigenvalue weighted by molar-refractivity contribution is 5.66. The van der Waals surface area contributed by atoms with E-state index in [-0.39, 0.29) is 0 Å². The van der Waals surface area contributed by atoms with Crippen molar-refractivity contribution in [1.29, 1.82) is 0 Å². The summed E-state index contributed by atoms with van der Waals surface area (Å²) in [6, 6.07) is 0. The second-order valence-electron chi connectivity index (χ2n) is 2.43. The molecule has 0 aliphatic heterocycles. The van der Waals surface area contributed by atoms with Gasteiger partial charge in [0.1, 0.15) is 0 Å². The van der Waals surface area contributed by atoms with Gasteiger partial charge in [-0.25, -0.2) is 0 Å². The van der Waals surface area contributed by atoms with Crippen LogP contribution in [0.2, 0.25) is 0 Å². The number of ether oxygens (including phenoxy) is 1. The molecule has 1 aliphatic rings. The van der Waals surface area contributed by atoms with Crippen molar-refractivity contribution in [2.75, 3.05) is 0 Å². The highest BCUT2D eigenvalue weighted by Crippen LogP contribution is 2.18. The molecule has 1 atom stereocenters. The van der Waals surface area contributed by atoms with E-state index in [1.807, 2.05) is 0 Å². The number of hydrogen-bond acceptors (Lipinski definition) is 3. The lowest BCUT2D eigenvalue weighted by Gasteiger charge is -2.23. The summed E-state index contributed by atoms with van der Waals surface area (Å²) in [5.74, 6) is -1.90. The molecule has 11 heavy (non-hydrogen) atoms. The summed E-state index contributed by atoms with van der Waals surface area (Å²) in [5, 5.41) is 9.46. The monoisotopic (exact) mass is 154 g/mol. The van der Waals surface area contributed by atoms with Gasteiger partial charge >= 0.3 is 5.97 Å². The first-order valence-electron chi connectivity index (χ1n) is 3.39. The number of carbonyl (C=O) groups excluding carboxylic acids is 1. The Morgan fingerprint density at radius 1 is 1.64 bits per heavy atom. The van der Waals surface area contributed by atoms with Crippen LogP contribution in [0.5, 0.6) is 0 Å². The molecule has 0 amide bonds. The molecular formula is C8H10O3. The van der Waals surface area contributed by atoms with Crippen LogP contribution >= 0.6 is 0 Å². The van der Waals surface area contributed by atoms with Gasteiger partial charge in [-0.1, -0.05) is 18.2 Å². The third-order valence-electron chi connectivity index (χ3n) is 1.33. The van der Waals surface area contributed by atoms with E-state index in [2.05, 4.69) is 4.74 Å². The van der Waals surface area contributed by atoms with E-state index >= 15 is 0 Å². The van der Waals surface area contributed by atoms with E-state index in [1.165, 1.54) is 13.0 Å². The number of aliphatic hydroxyl groups is 1. The van der Waals surface area contributed by atoms with Crippen LogP contribution in [0.15, 0.2) is 24.3 Å². The molecule has 60 valence electrons. The predicted molar refractivity (Wildman–Crippen MR) is 39.6 cm³/mol. The van der Waals surface area contributed by atoms with Crippen LogP contribution in [0.1, 0.15) is 13.3 Å². The lowest BCUT2D eigenvalue weighted by Crippen LogP contribution is -2.32. The normalized spacial score (nSPS) is 28.5. The molecule has 0 spiro atoms. The van der Waals surface area contributed by atoms with Gasteiger partial charge in [-0.15, -0.1) is 0 Å². The van der Waals surface area contributed by atoms with E-state index < -0.39 is 11.8 Å². The number of allylic oxidation sites excluding steroid dienone is 2. The molecule has 0 aromatic carbocycles. The van der Waals surface area contributed by atoms with Crippen molar-refractivity contribution in [3.63, 3.8) is 0 Å². The van der Waals surface area contributed by atoms with E-state index in [1.54, 1.807) is 18.2 Å². The van der Waals surface area contributed by atoms with Crippen LogP contribution in [-0.2, 0) is 9.53 Å². The second kappa shape index (κ2) is 2.88. The van der Waals surface area contributed by atoms with E-state index in [0.29, 0.717) is 6.42 Å². The maximum absolute atomic E-state index is 10.5. The van der Waals surface area contributed by atoms with Crippen molar-refractivity contribution in [3.8, 4) is 0 Å². The van der Waals surface area contributed by atoms with Gasteiger partial charge in [0, 0.05) is 13.3 Å². The molecule has 1 rings (SSSR count). The van der Waals surface area contributed by atoms with Crippen LogP contribution < -0.4 is 0 Å². The SMILES string of the molecule is CC(=O)O[C@@]1(O)C=CC=CC1. The standard InChI is InChI=1S/C8H10O3/c1-7(9)11-8(10)5-3-2-4-6-8/h2-5,10H,6H2,1H3/t8-/m0/s1. The molecular weight excluding hydrogens is 144 g/mol. The quantitative estimate of drug-likeness (QED) is 0.448. The molecule has 0 saturated heterocycles. The zero-order valence-corrected chi connectivity index (χ0v) is 6.28. The largest absolute Gasteiger partial charge is 0.429 e. The molecule has 0 heterocycles. The van der Waals surface area contributed by atoms with Gasteiger partial charge in [0.25, 0.3) is 0 Å². The Morgan fingerprint density at radius 2 is 2.36 bits per heavy atom. The minimum atomic E-state index is -1.42. The minimum absolute atomic E-state index is 0.322. The van der Waals surface area contributed by atoms with Crippen LogP contribution in [-0.4, -0.2) is 16.9 Å². The van der Waals surface area contributed by atoms with Crippen molar-refractivity contribution < 1.29 is 14.6 Å². The summed E-state index contributed by atoms with van der Waals surface area (Å²) in [6.07, 6.45) is 6.95. The smallest absolute Gasteiger partial charge is 0.305 e. The predicted octanol–water partition coefficient (Wildman–Crippen LogP) is 0.754. The number of carbonyl (C=O) groups is 1. The average Bonchev–Trinajstić information content (AvgIpc) is 1.85. The second-order valence-corrected chi connectivity index (χ2v) is 2.43. The fraction of sp³-hybridized carbons (Fsp3) is 0.375. The van der Waals surface area contributed by atoms with Gasteiger partial charge < -0.3 is 9.84 Å². The first kappa shape index (κ1) is 8.01. The molecule has 0 radical (unpaired) electrons. The van der Waals surface area contributed by atoms with Crippen molar-refractivity contribution in [2.45, 2.75) is 19.1 Å². The topological polar surface area (TPSA) is 46.5 Å². The molecule has 1 aliphatic carbocycles. The maximum Gasteiger partial charge on any atom is 0.305 e. The Balaban J connectivity index is 2.61. The van der Waals surface area contributed by atoms with E-state index in [4.69, 9.17) is 0 Å². The first-order chi connectivity index (χ1) is 5.12. The zero-order chi connectivity index (χ0) is 8.32. The van der Waals surface area contributed by atoms with Gasteiger partial charge in [-0.3, -0.25) is 4.79 Å². The number of esters is 1. The Kier molecular flexibility index (Phi) is 2.10. The van der Waals surface area contributed by atoms with Gasteiger partial charge in [-0.2, -0.15) is 0 Å². The number of hydrogen-bond donors (Lipinski definition) is 1. The fourth-order valence-electron chi connectivity index (χ4n) is 0.914. The van der Waals surface area contributed by atoms with Gasteiger partial charge in [-0.05, 0) is 6.08 Å². The Hall–Kier alpha value is -1.09. The van der Waals surface area contributed by atoms with Crippen LogP contribution in [0.4, 0.5) is 0 Å². The summed E-state index contributed by atoms with van der Waals surface area (Å²) in [6.45, 7) is 1.27. The molecule has 0 aromatic heterocycles. The third-order valence-corrected chi connectivity index (χ3v) is 1.33. The summed E-state index contributed by atoms with van der Waals surface area (Å²) in [5.41, 5.74) is 0. The molecule has 0 bridgehead atoms. The van der Waals surface area contributed by atoms with Gasteiger partial charge in [0.2, 0.25) is 5.79 Å². The lowest BCUT2D eigenvalue weighted by molar-refractivity contribution is -0.187. The fourth-order valence-corrected chi connectivity index (χ4v) is 0.914. The molecule has 0 unspecified atom stereocenters. The highest BCUT2D eigenvalue weighted by atomic mass is 16.7. The van der Waals surface area contributed by atoms with Crippen LogP contribution in [0.25, 0.3) is 0 Å². The molecule has 1 N–H and O–H groups in total. The molecule has 0 fully saturated rings. The molecule has 3 heteroatoms. The van der Waals surface area contributed by atoms with Gasteiger partial charge in [0.15, 0.2) is 0 Å². The first-order valence-corrected chi connectivity index (χ1v) is 3.39.